The normalized spacial score (nSPS) is 15.5. The molecule has 0 atom stereocenters. The molecule has 0 radical (unpaired) electrons. The lowest BCUT2D eigenvalue weighted by Crippen LogP contribution is -2.43. The highest BCUT2D eigenvalue weighted by molar-refractivity contribution is 5.94. The van der Waals surface area contributed by atoms with E-state index >= 15 is 0 Å². The molecule has 2 rings (SSSR count). The van der Waals surface area contributed by atoms with Crippen molar-refractivity contribution in [2.45, 2.75) is 76.9 Å². The van der Waals surface area contributed by atoms with E-state index in [1.807, 2.05) is 0 Å². The standard InChI is InChI=1S/C18H28N4O4/c1-18(2,9-8-16(24)25)21-17(26)13-10-19-22(11-13)12-15(23)20-14-6-4-3-5-7-14/h10-11,14H,3-9,12H2,1-2H3,(H,20,23)(H,21,26)(H,24,25). The predicted molar refractivity (Wildman–Crippen MR) is 95.7 cm³/mol. The van der Waals surface area contributed by atoms with E-state index in [9.17, 15) is 14.4 Å². The van der Waals surface area contributed by atoms with Gasteiger partial charge in [-0.05, 0) is 33.1 Å². The average molecular weight is 364 g/mol. The summed E-state index contributed by atoms with van der Waals surface area (Å²) in [7, 11) is 0. The van der Waals surface area contributed by atoms with Gasteiger partial charge in [0.15, 0.2) is 0 Å². The summed E-state index contributed by atoms with van der Waals surface area (Å²) in [5.74, 6) is -1.34. The van der Waals surface area contributed by atoms with Crippen molar-refractivity contribution in [3.05, 3.63) is 18.0 Å². The second-order valence-electron chi connectivity index (χ2n) is 7.56. The molecule has 1 saturated carbocycles. The average Bonchev–Trinajstić information content (AvgIpc) is 3.02. The van der Waals surface area contributed by atoms with E-state index in [2.05, 4.69) is 15.7 Å². The van der Waals surface area contributed by atoms with Crippen LogP contribution in [0.25, 0.3) is 0 Å². The molecule has 1 aromatic rings. The smallest absolute Gasteiger partial charge is 0.303 e. The van der Waals surface area contributed by atoms with E-state index in [0.29, 0.717) is 12.0 Å². The third-order valence-electron chi connectivity index (χ3n) is 4.59. The molecule has 1 aromatic heterocycles. The lowest BCUT2D eigenvalue weighted by Gasteiger charge is -2.25. The van der Waals surface area contributed by atoms with Crippen LogP contribution in [0.15, 0.2) is 12.4 Å². The summed E-state index contributed by atoms with van der Waals surface area (Å²) >= 11 is 0. The fraction of sp³-hybridized carbons (Fsp3) is 0.667. The van der Waals surface area contributed by atoms with Gasteiger partial charge in [0.25, 0.3) is 5.91 Å². The Hall–Kier alpha value is -2.38. The van der Waals surface area contributed by atoms with Gasteiger partial charge in [-0.25, -0.2) is 0 Å². The van der Waals surface area contributed by atoms with E-state index in [1.165, 1.54) is 23.5 Å². The molecule has 1 aliphatic rings. The van der Waals surface area contributed by atoms with Crippen LogP contribution in [0.5, 0.6) is 0 Å². The zero-order valence-electron chi connectivity index (χ0n) is 15.5. The van der Waals surface area contributed by atoms with Gasteiger partial charge in [0.05, 0.1) is 11.8 Å². The first-order chi connectivity index (χ1) is 12.2. The third kappa shape index (κ3) is 6.50. The maximum absolute atomic E-state index is 12.3. The molecule has 2 amide bonds. The highest BCUT2D eigenvalue weighted by Gasteiger charge is 2.23. The number of aliphatic carboxylic acids is 1. The van der Waals surface area contributed by atoms with Crippen LogP contribution >= 0.6 is 0 Å². The summed E-state index contributed by atoms with van der Waals surface area (Å²) < 4.78 is 1.44. The Labute approximate surface area is 153 Å². The van der Waals surface area contributed by atoms with Crippen molar-refractivity contribution < 1.29 is 19.5 Å². The number of hydrogen-bond acceptors (Lipinski definition) is 4. The van der Waals surface area contributed by atoms with Crippen LogP contribution in [0.3, 0.4) is 0 Å². The molecule has 8 nitrogen and oxygen atoms in total. The number of hydrogen-bond donors (Lipinski definition) is 3. The van der Waals surface area contributed by atoms with Crippen LogP contribution in [0.2, 0.25) is 0 Å². The third-order valence-corrected chi connectivity index (χ3v) is 4.59. The van der Waals surface area contributed by atoms with E-state index in [-0.39, 0.29) is 30.8 Å². The highest BCUT2D eigenvalue weighted by atomic mass is 16.4. The molecule has 1 fully saturated rings. The molecule has 0 aromatic carbocycles. The van der Waals surface area contributed by atoms with Crippen molar-refractivity contribution in [2.75, 3.05) is 0 Å². The Morgan fingerprint density at radius 2 is 1.96 bits per heavy atom. The second-order valence-corrected chi connectivity index (χ2v) is 7.56. The highest BCUT2D eigenvalue weighted by Crippen LogP contribution is 2.17. The van der Waals surface area contributed by atoms with Gasteiger partial charge in [-0.3, -0.25) is 19.1 Å². The molecule has 1 heterocycles. The maximum atomic E-state index is 12.3. The summed E-state index contributed by atoms with van der Waals surface area (Å²) in [4.78, 5) is 35.1. The Morgan fingerprint density at radius 1 is 1.27 bits per heavy atom. The molecule has 0 spiro atoms. The number of carbonyl (C=O) groups excluding carboxylic acids is 2. The van der Waals surface area contributed by atoms with Gasteiger partial charge in [0.2, 0.25) is 5.91 Å². The van der Waals surface area contributed by atoms with Crippen molar-refractivity contribution in [3.63, 3.8) is 0 Å². The van der Waals surface area contributed by atoms with Gasteiger partial charge >= 0.3 is 5.97 Å². The van der Waals surface area contributed by atoms with Crippen molar-refractivity contribution in [1.29, 1.82) is 0 Å². The molecule has 0 aliphatic heterocycles. The van der Waals surface area contributed by atoms with Gasteiger partial charge in [0.1, 0.15) is 6.54 Å². The molecule has 8 heteroatoms. The Morgan fingerprint density at radius 3 is 2.62 bits per heavy atom. The Kier molecular flexibility index (Phi) is 6.76. The monoisotopic (exact) mass is 364 g/mol. The predicted octanol–water partition coefficient (Wildman–Crippen LogP) is 1.71. The molecular formula is C18H28N4O4. The molecule has 26 heavy (non-hydrogen) atoms. The van der Waals surface area contributed by atoms with Crippen molar-refractivity contribution in [1.82, 2.24) is 20.4 Å². The van der Waals surface area contributed by atoms with E-state index in [1.54, 1.807) is 13.8 Å². The Bertz CT molecular complexity index is 647. The van der Waals surface area contributed by atoms with Crippen LogP contribution in [0, 0.1) is 0 Å². The summed E-state index contributed by atoms with van der Waals surface area (Å²) in [6, 6.07) is 0.240. The SMILES string of the molecule is CC(C)(CCC(=O)O)NC(=O)c1cnn(CC(=O)NC2CCCCC2)c1. The summed E-state index contributed by atoms with van der Waals surface area (Å²) in [6.45, 7) is 3.62. The van der Waals surface area contributed by atoms with Gasteiger partial charge in [-0.15, -0.1) is 0 Å². The molecule has 3 N–H and O–H groups in total. The van der Waals surface area contributed by atoms with Gasteiger partial charge in [-0.1, -0.05) is 19.3 Å². The van der Waals surface area contributed by atoms with Crippen LogP contribution in [0.1, 0.15) is 69.2 Å². The minimum absolute atomic E-state index is 0.0200. The first kappa shape index (κ1) is 19.9. The van der Waals surface area contributed by atoms with Crippen LogP contribution < -0.4 is 10.6 Å². The molecule has 0 unspecified atom stereocenters. The Balaban J connectivity index is 1.84. The fourth-order valence-corrected chi connectivity index (χ4v) is 3.10. The van der Waals surface area contributed by atoms with Gasteiger partial charge in [0, 0.05) is 24.2 Å². The molecule has 0 bridgehead atoms. The lowest BCUT2D eigenvalue weighted by molar-refractivity contribution is -0.137. The number of nitrogens with one attached hydrogen (secondary N) is 2. The van der Waals surface area contributed by atoms with E-state index in [4.69, 9.17) is 5.11 Å². The van der Waals surface area contributed by atoms with E-state index in [0.717, 1.165) is 25.7 Å². The van der Waals surface area contributed by atoms with E-state index < -0.39 is 11.5 Å². The molecular weight excluding hydrogens is 336 g/mol. The van der Waals surface area contributed by atoms with Gasteiger partial charge < -0.3 is 15.7 Å². The number of nitrogens with zero attached hydrogens (tertiary/aromatic N) is 2. The number of carbonyl (C=O) groups is 3. The van der Waals surface area contributed by atoms with Crippen molar-refractivity contribution >= 4 is 17.8 Å². The van der Waals surface area contributed by atoms with Crippen LogP contribution in [-0.2, 0) is 16.1 Å². The van der Waals surface area contributed by atoms with Crippen LogP contribution in [-0.4, -0.2) is 44.3 Å². The quantitative estimate of drug-likeness (QED) is 0.650. The van der Waals surface area contributed by atoms with Crippen molar-refractivity contribution in [3.8, 4) is 0 Å². The van der Waals surface area contributed by atoms with Crippen molar-refractivity contribution in [2.24, 2.45) is 0 Å². The largest absolute Gasteiger partial charge is 0.481 e. The molecule has 1 aliphatic carbocycles. The zero-order chi connectivity index (χ0) is 19.2. The number of rotatable bonds is 8. The molecule has 0 saturated heterocycles. The number of carboxylic acids is 1. The minimum atomic E-state index is -0.899. The number of aromatic nitrogens is 2. The zero-order valence-corrected chi connectivity index (χ0v) is 15.5. The first-order valence-electron chi connectivity index (χ1n) is 9.11. The second kappa shape index (κ2) is 8.82. The summed E-state index contributed by atoms with van der Waals surface area (Å²) in [6.07, 6.45) is 8.81. The maximum Gasteiger partial charge on any atom is 0.303 e. The topological polar surface area (TPSA) is 113 Å². The summed E-state index contributed by atoms with van der Waals surface area (Å²) in [5.41, 5.74) is -0.297. The number of amides is 2. The lowest BCUT2D eigenvalue weighted by atomic mass is 9.95. The molecule has 144 valence electrons. The number of carboxylic acid groups (broad SMARTS) is 1. The van der Waals surface area contributed by atoms with Gasteiger partial charge in [-0.2, -0.15) is 5.10 Å². The fourth-order valence-electron chi connectivity index (χ4n) is 3.10. The first-order valence-corrected chi connectivity index (χ1v) is 9.11. The summed E-state index contributed by atoms with van der Waals surface area (Å²) in [5, 5.41) is 18.7. The van der Waals surface area contributed by atoms with Crippen LogP contribution in [0.4, 0.5) is 0 Å². The minimum Gasteiger partial charge on any atom is -0.481 e.